The first-order valence-corrected chi connectivity index (χ1v) is 18.9. The lowest BCUT2D eigenvalue weighted by molar-refractivity contribution is -0.0462. The van der Waals surface area contributed by atoms with E-state index in [-0.39, 0.29) is 36.0 Å². The Labute approximate surface area is 335 Å². The number of oxazole rings is 2. The summed E-state index contributed by atoms with van der Waals surface area (Å²) in [7, 11) is 2.99. The lowest BCUT2D eigenvalue weighted by Crippen LogP contribution is -2.42. The fourth-order valence-corrected chi connectivity index (χ4v) is 5.68. The zero-order chi connectivity index (χ0) is 42.0. The molecule has 1 aliphatic rings. The highest BCUT2D eigenvalue weighted by Gasteiger charge is 2.39. The summed E-state index contributed by atoms with van der Waals surface area (Å²) in [6.45, 7) is 10.8. The second-order valence-electron chi connectivity index (χ2n) is 14.6. The average molecular weight is 791 g/mol. The van der Waals surface area contributed by atoms with Crippen LogP contribution in [0.25, 0.3) is 6.08 Å². The van der Waals surface area contributed by atoms with Crippen molar-refractivity contribution >= 4 is 18.0 Å². The van der Waals surface area contributed by atoms with Crippen molar-refractivity contribution in [2.45, 2.75) is 104 Å². The minimum atomic E-state index is -1.09. The molecule has 0 amide bonds. The molecular weight excluding hydrogens is 732 g/mol. The summed E-state index contributed by atoms with van der Waals surface area (Å²) in [6.07, 6.45) is 24.5. The van der Waals surface area contributed by atoms with E-state index in [1.807, 2.05) is 19.9 Å². The van der Waals surface area contributed by atoms with E-state index in [4.69, 9.17) is 27.8 Å². The number of methoxy groups -OCH3 is 2. The van der Waals surface area contributed by atoms with E-state index in [1.165, 1.54) is 31.8 Å². The van der Waals surface area contributed by atoms with Gasteiger partial charge in [0.15, 0.2) is 17.3 Å². The lowest BCUT2D eigenvalue weighted by Gasteiger charge is -2.36. The number of aromatic nitrogens is 2. The van der Waals surface area contributed by atoms with Crippen molar-refractivity contribution < 1.29 is 52.7 Å². The largest absolute Gasteiger partial charge is 0.457 e. The van der Waals surface area contributed by atoms with Gasteiger partial charge in [0.1, 0.15) is 36.9 Å². The van der Waals surface area contributed by atoms with Crippen LogP contribution < -0.4 is 0 Å². The summed E-state index contributed by atoms with van der Waals surface area (Å²) in [5.74, 6) is -1.04. The van der Waals surface area contributed by atoms with Crippen LogP contribution in [-0.4, -0.2) is 94.2 Å². The number of fused-ring (bicyclic) bond motifs is 4. The summed E-state index contributed by atoms with van der Waals surface area (Å²) in [6, 6.07) is 0. The van der Waals surface area contributed by atoms with Crippen molar-refractivity contribution in [2.75, 3.05) is 14.2 Å². The maximum atomic E-state index is 13.4. The summed E-state index contributed by atoms with van der Waals surface area (Å²) < 4.78 is 34.0. The Kier molecular flexibility index (Phi) is 18.5. The quantitative estimate of drug-likeness (QED) is 0.186. The number of hydrogen-bond acceptors (Lipinski definition) is 13. The molecule has 13 heteroatoms. The Bertz CT molecular complexity index is 1810. The van der Waals surface area contributed by atoms with Gasteiger partial charge in [-0.25, -0.2) is 19.6 Å². The van der Waals surface area contributed by atoms with E-state index in [2.05, 4.69) is 9.97 Å². The number of hydrogen-bond donors (Lipinski definition) is 3. The second kappa shape index (κ2) is 22.7. The Morgan fingerprint density at radius 3 is 1.89 bits per heavy atom. The molecule has 310 valence electrons. The zero-order valence-electron chi connectivity index (χ0n) is 34.1. The molecule has 7 atom stereocenters. The Morgan fingerprint density at radius 1 is 0.737 bits per heavy atom. The van der Waals surface area contributed by atoms with Crippen LogP contribution in [0.5, 0.6) is 0 Å². The van der Waals surface area contributed by atoms with Gasteiger partial charge in [0.2, 0.25) is 5.89 Å². The minimum Gasteiger partial charge on any atom is -0.457 e. The van der Waals surface area contributed by atoms with Crippen LogP contribution in [0.2, 0.25) is 0 Å². The molecule has 0 radical (unpaired) electrons. The van der Waals surface area contributed by atoms with Crippen molar-refractivity contribution in [1.82, 2.24) is 9.97 Å². The van der Waals surface area contributed by atoms with Crippen LogP contribution in [0.4, 0.5) is 0 Å². The van der Waals surface area contributed by atoms with E-state index in [9.17, 15) is 24.9 Å². The third kappa shape index (κ3) is 13.9. The van der Waals surface area contributed by atoms with E-state index in [1.54, 1.807) is 114 Å². The van der Waals surface area contributed by atoms with Crippen molar-refractivity contribution in [3.05, 3.63) is 127 Å². The number of cyclic esters (lactones) is 2. The van der Waals surface area contributed by atoms with Gasteiger partial charge in [0.05, 0.1) is 24.7 Å². The van der Waals surface area contributed by atoms with Gasteiger partial charge in [-0.2, -0.15) is 0 Å². The van der Waals surface area contributed by atoms with Gasteiger partial charge in [-0.1, -0.05) is 119 Å². The summed E-state index contributed by atoms with van der Waals surface area (Å²) >= 11 is 0. The zero-order valence-corrected chi connectivity index (χ0v) is 34.1. The van der Waals surface area contributed by atoms with Crippen LogP contribution in [0.1, 0.15) is 87.1 Å². The van der Waals surface area contributed by atoms with Gasteiger partial charge in [-0.15, -0.1) is 0 Å². The second-order valence-corrected chi connectivity index (χ2v) is 14.6. The maximum Gasteiger partial charge on any atom is 0.360 e. The summed E-state index contributed by atoms with van der Waals surface area (Å²) in [4.78, 5) is 35.2. The normalized spacial score (nSPS) is 27.2. The van der Waals surface area contributed by atoms with Crippen molar-refractivity contribution in [3.8, 4) is 0 Å². The van der Waals surface area contributed by atoms with Gasteiger partial charge in [-0.05, 0) is 13.8 Å². The van der Waals surface area contributed by atoms with Gasteiger partial charge in [0, 0.05) is 44.0 Å². The number of aliphatic hydroxyl groups is 3. The first-order chi connectivity index (χ1) is 27.2. The van der Waals surface area contributed by atoms with Gasteiger partial charge >= 0.3 is 11.9 Å². The van der Waals surface area contributed by atoms with Crippen LogP contribution in [0.15, 0.2) is 113 Å². The molecule has 2 aromatic rings. The molecule has 3 rings (SSSR count). The number of allylic oxidation sites excluding steroid dienone is 8. The van der Waals surface area contributed by atoms with Crippen LogP contribution >= 0.6 is 0 Å². The molecular formula is C44H58N2O11. The van der Waals surface area contributed by atoms with Crippen molar-refractivity contribution in [3.63, 3.8) is 0 Å². The van der Waals surface area contributed by atoms with Gasteiger partial charge in [0.25, 0.3) is 0 Å². The number of nitrogens with zero attached hydrogens (tertiary/aromatic N) is 2. The van der Waals surface area contributed by atoms with E-state index < -0.39 is 65.5 Å². The number of aliphatic hydroxyl groups excluding tert-OH is 3. The summed E-state index contributed by atoms with van der Waals surface area (Å²) in [5, 5.41) is 32.8. The molecule has 0 aliphatic carbocycles. The first-order valence-electron chi connectivity index (χ1n) is 18.9. The Morgan fingerprint density at radius 2 is 1.30 bits per heavy atom. The number of esters is 2. The SMILES string of the molecule is C/C=C/[C@H](O)C(C)(C)[C@@H]1C/C=C/C=C/C=C/[C@@H](OC)Cc2nc(co2)C(=O)O[C@H](C(C)(C)[C@@H](O)/C=C/C)C/C=C/[C@@H](O)[C@@H](OC)/C=C/C=C/c2nc(co2)C(=O)O1. The predicted octanol–water partition coefficient (Wildman–Crippen LogP) is 6.86. The number of carbonyl (C=O) groups excluding carboxylic acids is 2. The number of ether oxygens (including phenoxy) is 4. The molecule has 57 heavy (non-hydrogen) atoms. The first kappa shape index (κ1) is 46.5. The monoisotopic (exact) mass is 790 g/mol. The molecule has 1 aliphatic heterocycles. The van der Waals surface area contributed by atoms with Crippen LogP contribution in [-0.2, 0) is 25.4 Å². The molecule has 3 heterocycles. The molecule has 0 fully saturated rings. The highest BCUT2D eigenvalue weighted by atomic mass is 16.6. The number of carbonyl (C=O) groups is 2. The van der Waals surface area contributed by atoms with E-state index in [0.717, 1.165) is 0 Å². The standard InChI is InChI=1S/C44H58N2O11/c1-9-19-35(48)43(3,4)37-24-15-13-11-12-14-21-30(52-7)27-40-46-32(29-55-40)42(51)57-38(44(5,6)36(49)20-10-2)25-18-22-33(47)34(53-8)23-16-17-26-39-45-31(28-54-39)41(50)56-37/h9-23,26,28-30,33-38,47-49H,24-25,27H2,1-8H3/b12-11+,15-13+,19-9+,20-10+,21-14+,22-18+,23-16+,26-17+/t30-,33-,34+,35+,36+,37+,38+/m1/s1. The molecule has 3 N–H and O–H groups in total. The maximum absolute atomic E-state index is 13.4. The molecule has 13 nitrogen and oxygen atoms in total. The predicted molar refractivity (Wildman–Crippen MR) is 216 cm³/mol. The third-order valence-corrected chi connectivity index (χ3v) is 9.69. The van der Waals surface area contributed by atoms with E-state index >= 15 is 0 Å². The number of rotatable bonds is 8. The molecule has 0 aromatic carbocycles. The fraction of sp³-hybridized carbons (Fsp3) is 0.455. The highest BCUT2D eigenvalue weighted by molar-refractivity contribution is 5.87. The lowest BCUT2D eigenvalue weighted by atomic mass is 9.79. The molecule has 0 unspecified atom stereocenters. The van der Waals surface area contributed by atoms with Crippen LogP contribution in [0, 0.1) is 10.8 Å². The minimum absolute atomic E-state index is 0.0389. The Hall–Kier alpha value is -4.92. The average Bonchev–Trinajstić information content (AvgIpc) is 3.86. The highest BCUT2D eigenvalue weighted by Crippen LogP contribution is 2.33. The molecule has 2 aromatic heterocycles. The van der Waals surface area contributed by atoms with Crippen molar-refractivity contribution in [2.24, 2.45) is 10.8 Å². The Balaban J connectivity index is 1.96. The molecule has 4 bridgehead atoms. The van der Waals surface area contributed by atoms with Gasteiger partial charge < -0.3 is 43.1 Å². The van der Waals surface area contributed by atoms with E-state index in [0.29, 0.717) is 6.42 Å². The molecule has 0 saturated carbocycles. The third-order valence-electron chi connectivity index (χ3n) is 9.69. The fourth-order valence-electron chi connectivity index (χ4n) is 5.68. The smallest absolute Gasteiger partial charge is 0.360 e. The summed E-state index contributed by atoms with van der Waals surface area (Å²) in [5.41, 5.74) is -1.88. The molecule has 0 spiro atoms. The topological polar surface area (TPSA) is 184 Å². The van der Waals surface area contributed by atoms with Gasteiger partial charge in [-0.3, -0.25) is 0 Å². The molecule has 0 saturated heterocycles. The van der Waals surface area contributed by atoms with Crippen molar-refractivity contribution in [1.29, 1.82) is 0 Å². The van der Waals surface area contributed by atoms with Crippen LogP contribution in [0.3, 0.4) is 0 Å².